The number of anilines is 1. The zero-order chi connectivity index (χ0) is 10.9. The van der Waals surface area contributed by atoms with Crippen molar-refractivity contribution < 1.29 is 4.52 Å². The number of nitrogens with one attached hydrogen (secondary N) is 1. The van der Waals surface area contributed by atoms with E-state index < -0.39 is 0 Å². The summed E-state index contributed by atoms with van der Waals surface area (Å²) in [6, 6.07) is 2.43. The number of rotatable bonds is 2. The molecule has 0 saturated carbocycles. The minimum Gasteiger partial charge on any atom is -0.333 e. The molecule has 1 N–H and O–H groups in total. The van der Waals surface area contributed by atoms with E-state index in [2.05, 4.69) is 15.5 Å². The van der Waals surface area contributed by atoms with Gasteiger partial charge in [0.05, 0.1) is 0 Å². The Labute approximate surface area is 92.3 Å². The molecule has 0 saturated heterocycles. The topological polar surface area (TPSA) is 51.0 Å². The molecule has 0 unspecified atom stereocenters. The summed E-state index contributed by atoms with van der Waals surface area (Å²) < 4.78 is 5.10. The molecular weight excluding hydrogens is 210 g/mol. The van der Waals surface area contributed by atoms with Crippen molar-refractivity contribution in [1.82, 2.24) is 10.1 Å². The second kappa shape index (κ2) is 3.66. The number of hydrogen-bond acceptors (Lipinski definition) is 5. The molecule has 15 heavy (non-hydrogen) atoms. The Morgan fingerprint density at radius 3 is 2.80 bits per heavy atom. The van der Waals surface area contributed by atoms with Crippen LogP contribution in [0.3, 0.4) is 0 Å². The normalized spacial score (nSPS) is 11.7. The highest BCUT2D eigenvalue weighted by Crippen LogP contribution is 2.21. The van der Waals surface area contributed by atoms with E-state index in [1.54, 1.807) is 11.3 Å². The van der Waals surface area contributed by atoms with Gasteiger partial charge < -0.3 is 9.84 Å². The van der Waals surface area contributed by atoms with Crippen LogP contribution in [0.4, 0.5) is 6.01 Å². The molecule has 0 bridgehead atoms. The molecule has 2 heterocycles. The minimum atomic E-state index is -0.0710. The van der Waals surface area contributed by atoms with Crippen molar-refractivity contribution in [3.63, 3.8) is 0 Å². The summed E-state index contributed by atoms with van der Waals surface area (Å²) in [4.78, 5) is 4.26. The predicted octanol–water partition coefficient (Wildman–Crippen LogP) is 3.01. The van der Waals surface area contributed by atoms with Crippen LogP contribution in [0.5, 0.6) is 0 Å². The lowest BCUT2D eigenvalue weighted by molar-refractivity contribution is 0.420. The van der Waals surface area contributed by atoms with E-state index in [4.69, 9.17) is 4.52 Å². The average Bonchev–Trinajstić information content (AvgIpc) is 2.68. The van der Waals surface area contributed by atoms with Gasteiger partial charge in [-0.05, 0) is 32.2 Å². The number of thiophene rings is 1. The van der Waals surface area contributed by atoms with Gasteiger partial charge in [-0.2, -0.15) is 16.3 Å². The molecule has 0 amide bonds. The van der Waals surface area contributed by atoms with Crippen molar-refractivity contribution in [2.75, 3.05) is 5.32 Å². The van der Waals surface area contributed by atoms with Gasteiger partial charge in [0.2, 0.25) is 5.82 Å². The molecule has 0 fully saturated rings. The Bertz CT molecular complexity index is 428. The van der Waals surface area contributed by atoms with Crippen LogP contribution in [0.25, 0.3) is 11.4 Å². The molecule has 2 aromatic rings. The average molecular weight is 223 g/mol. The molecular formula is C10H13N3OS. The third kappa shape index (κ3) is 2.56. The predicted molar refractivity (Wildman–Crippen MR) is 61.0 cm³/mol. The fourth-order valence-corrected chi connectivity index (χ4v) is 1.74. The first-order valence-electron chi connectivity index (χ1n) is 4.69. The molecule has 2 rings (SSSR count). The molecule has 4 nitrogen and oxygen atoms in total. The van der Waals surface area contributed by atoms with Crippen LogP contribution >= 0.6 is 11.3 Å². The molecule has 0 spiro atoms. The zero-order valence-electron chi connectivity index (χ0n) is 8.94. The van der Waals surface area contributed by atoms with Gasteiger partial charge in [0.1, 0.15) is 0 Å². The van der Waals surface area contributed by atoms with Crippen LogP contribution in [-0.2, 0) is 0 Å². The Balaban J connectivity index is 2.18. The second-order valence-corrected chi connectivity index (χ2v) is 5.09. The van der Waals surface area contributed by atoms with Crippen LogP contribution in [0.15, 0.2) is 21.3 Å². The first kappa shape index (κ1) is 10.2. The first-order valence-corrected chi connectivity index (χ1v) is 5.63. The van der Waals surface area contributed by atoms with Gasteiger partial charge in [-0.3, -0.25) is 0 Å². The molecule has 0 atom stereocenters. The quantitative estimate of drug-likeness (QED) is 0.850. The van der Waals surface area contributed by atoms with Gasteiger partial charge in [0, 0.05) is 16.5 Å². The third-order valence-electron chi connectivity index (χ3n) is 1.69. The lowest BCUT2D eigenvalue weighted by Gasteiger charge is -2.17. The van der Waals surface area contributed by atoms with Crippen LogP contribution in [0, 0.1) is 0 Å². The van der Waals surface area contributed by atoms with Gasteiger partial charge >= 0.3 is 6.01 Å². The molecule has 0 aliphatic heterocycles. The van der Waals surface area contributed by atoms with E-state index in [0.29, 0.717) is 11.8 Å². The third-order valence-corrected chi connectivity index (χ3v) is 2.37. The highest BCUT2D eigenvalue weighted by molar-refractivity contribution is 7.08. The van der Waals surface area contributed by atoms with Gasteiger partial charge in [0.15, 0.2) is 0 Å². The van der Waals surface area contributed by atoms with Gasteiger partial charge in [-0.1, -0.05) is 5.16 Å². The maximum atomic E-state index is 5.10. The monoisotopic (exact) mass is 223 g/mol. The number of hydrogen-bond donors (Lipinski definition) is 1. The highest BCUT2D eigenvalue weighted by Gasteiger charge is 2.15. The maximum Gasteiger partial charge on any atom is 0.322 e. The highest BCUT2D eigenvalue weighted by atomic mass is 32.1. The summed E-state index contributed by atoms with van der Waals surface area (Å²) in [6.45, 7) is 6.13. The summed E-state index contributed by atoms with van der Waals surface area (Å²) in [5.74, 6) is 0.628. The SMILES string of the molecule is CC(C)(C)Nc1nc(-c2ccsc2)no1. The smallest absolute Gasteiger partial charge is 0.322 e. The lowest BCUT2D eigenvalue weighted by atomic mass is 10.1. The van der Waals surface area contributed by atoms with Crippen molar-refractivity contribution in [3.05, 3.63) is 16.8 Å². The molecule has 0 aliphatic carbocycles. The van der Waals surface area contributed by atoms with E-state index in [1.807, 2.05) is 37.6 Å². The lowest BCUT2D eigenvalue weighted by Crippen LogP contribution is -2.26. The fourth-order valence-electron chi connectivity index (χ4n) is 1.10. The molecule has 0 aromatic carbocycles. The minimum absolute atomic E-state index is 0.0710. The standard InChI is InChI=1S/C10H13N3OS/c1-10(2,3)12-9-11-8(13-14-9)7-4-5-15-6-7/h4-6H,1-3H3,(H,11,12,13). The number of aromatic nitrogens is 2. The summed E-state index contributed by atoms with van der Waals surface area (Å²) >= 11 is 1.61. The van der Waals surface area contributed by atoms with E-state index in [1.165, 1.54) is 0 Å². The summed E-state index contributed by atoms with van der Waals surface area (Å²) in [6.07, 6.45) is 0. The summed E-state index contributed by atoms with van der Waals surface area (Å²) in [5, 5.41) is 11.0. The van der Waals surface area contributed by atoms with Crippen molar-refractivity contribution in [3.8, 4) is 11.4 Å². The summed E-state index contributed by atoms with van der Waals surface area (Å²) in [5.41, 5.74) is 0.920. The zero-order valence-corrected chi connectivity index (χ0v) is 9.76. The first-order chi connectivity index (χ1) is 7.04. The Morgan fingerprint density at radius 1 is 1.40 bits per heavy atom. The van der Waals surface area contributed by atoms with Gasteiger partial charge in [-0.25, -0.2) is 0 Å². The van der Waals surface area contributed by atoms with Crippen molar-refractivity contribution in [2.24, 2.45) is 0 Å². The maximum absolute atomic E-state index is 5.10. The van der Waals surface area contributed by atoms with E-state index in [0.717, 1.165) is 5.56 Å². The van der Waals surface area contributed by atoms with Crippen molar-refractivity contribution >= 4 is 17.4 Å². The molecule has 0 aliphatic rings. The fraction of sp³-hybridized carbons (Fsp3) is 0.400. The van der Waals surface area contributed by atoms with E-state index in [9.17, 15) is 0 Å². The molecule has 5 heteroatoms. The molecule has 2 aromatic heterocycles. The number of nitrogens with zero attached hydrogens (tertiary/aromatic N) is 2. The van der Waals surface area contributed by atoms with Crippen molar-refractivity contribution in [2.45, 2.75) is 26.3 Å². The largest absolute Gasteiger partial charge is 0.333 e. The van der Waals surface area contributed by atoms with Crippen LogP contribution in [-0.4, -0.2) is 15.7 Å². The van der Waals surface area contributed by atoms with E-state index in [-0.39, 0.29) is 5.54 Å². The van der Waals surface area contributed by atoms with Crippen molar-refractivity contribution in [1.29, 1.82) is 0 Å². The Kier molecular flexibility index (Phi) is 2.48. The molecule has 80 valence electrons. The summed E-state index contributed by atoms with van der Waals surface area (Å²) in [7, 11) is 0. The second-order valence-electron chi connectivity index (χ2n) is 4.31. The Morgan fingerprint density at radius 2 is 2.20 bits per heavy atom. The van der Waals surface area contributed by atoms with Crippen LogP contribution in [0.1, 0.15) is 20.8 Å². The van der Waals surface area contributed by atoms with Crippen LogP contribution < -0.4 is 5.32 Å². The van der Waals surface area contributed by atoms with Gasteiger partial charge in [0.25, 0.3) is 0 Å². The van der Waals surface area contributed by atoms with Crippen LogP contribution in [0.2, 0.25) is 0 Å². The van der Waals surface area contributed by atoms with Gasteiger partial charge in [-0.15, -0.1) is 0 Å². The Hall–Kier alpha value is -1.36. The molecule has 0 radical (unpaired) electrons. The van der Waals surface area contributed by atoms with E-state index >= 15 is 0 Å².